The number of nitrogens with zero attached hydrogens (tertiary/aromatic N) is 1. The summed E-state index contributed by atoms with van der Waals surface area (Å²) in [7, 11) is 0. The van der Waals surface area contributed by atoms with Gasteiger partial charge in [-0.2, -0.15) is 0 Å². The molecule has 0 spiro atoms. The third-order valence-electron chi connectivity index (χ3n) is 3.65. The number of carbonyl (C=O) groups is 2. The van der Waals surface area contributed by atoms with E-state index in [4.69, 9.17) is 0 Å². The highest BCUT2D eigenvalue weighted by Crippen LogP contribution is 2.30. The molecule has 23 heavy (non-hydrogen) atoms. The molecule has 1 heterocycles. The van der Waals surface area contributed by atoms with E-state index in [0.717, 1.165) is 24.5 Å². The predicted molar refractivity (Wildman–Crippen MR) is 84.7 cm³/mol. The Morgan fingerprint density at radius 3 is 2.65 bits per heavy atom. The van der Waals surface area contributed by atoms with Crippen LogP contribution in [0.3, 0.4) is 0 Å². The number of anilines is 2. The second-order valence-electron chi connectivity index (χ2n) is 5.61. The summed E-state index contributed by atoms with van der Waals surface area (Å²) in [6.45, 7) is 1.82. The van der Waals surface area contributed by atoms with Crippen LogP contribution in [0.5, 0.6) is 0 Å². The van der Waals surface area contributed by atoms with Gasteiger partial charge in [0.2, 0.25) is 5.91 Å². The molecule has 0 bridgehead atoms. The van der Waals surface area contributed by atoms with Gasteiger partial charge in [-0.1, -0.05) is 6.07 Å². The minimum atomic E-state index is -0.472. The van der Waals surface area contributed by atoms with Gasteiger partial charge in [0.05, 0.1) is 11.9 Å². The Balaban J connectivity index is 1.69. The van der Waals surface area contributed by atoms with Gasteiger partial charge in [0.15, 0.2) is 0 Å². The highest BCUT2D eigenvalue weighted by atomic mass is 19.1. The number of hydrogen-bond donors (Lipinski definition) is 2. The maximum Gasteiger partial charge on any atom is 0.256 e. The first-order chi connectivity index (χ1) is 11.0. The number of benzene rings is 1. The predicted octanol–water partition coefficient (Wildman–Crippen LogP) is 3.13. The van der Waals surface area contributed by atoms with Crippen LogP contribution in [0.4, 0.5) is 15.9 Å². The van der Waals surface area contributed by atoms with Crippen LogP contribution in [0.1, 0.15) is 28.8 Å². The molecule has 1 saturated carbocycles. The summed E-state index contributed by atoms with van der Waals surface area (Å²) in [4.78, 5) is 27.9. The Labute approximate surface area is 132 Å². The molecular formula is C17H16FN3O2. The fourth-order valence-electron chi connectivity index (χ4n) is 2.15. The summed E-state index contributed by atoms with van der Waals surface area (Å²) in [5.41, 5.74) is 1.64. The number of nitrogens with one attached hydrogen (secondary N) is 2. The average Bonchev–Trinajstić information content (AvgIpc) is 3.34. The quantitative estimate of drug-likeness (QED) is 0.911. The number of hydrogen-bond acceptors (Lipinski definition) is 3. The van der Waals surface area contributed by atoms with Crippen molar-refractivity contribution in [3.05, 3.63) is 53.5 Å². The van der Waals surface area contributed by atoms with E-state index in [2.05, 4.69) is 15.6 Å². The molecule has 0 aliphatic heterocycles. The van der Waals surface area contributed by atoms with E-state index in [1.165, 1.54) is 24.4 Å². The molecule has 0 saturated heterocycles. The van der Waals surface area contributed by atoms with Crippen LogP contribution in [-0.4, -0.2) is 16.8 Å². The lowest BCUT2D eigenvalue weighted by Gasteiger charge is -2.10. The van der Waals surface area contributed by atoms with Crippen molar-refractivity contribution in [2.24, 2.45) is 5.92 Å². The van der Waals surface area contributed by atoms with Crippen LogP contribution in [0.25, 0.3) is 0 Å². The fraction of sp³-hybridized carbons (Fsp3) is 0.235. The molecule has 5 nitrogen and oxygen atoms in total. The van der Waals surface area contributed by atoms with Gasteiger partial charge in [-0.15, -0.1) is 0 Å². The number of pyridine rings is 1. The van der Waals surface area contributed by atoms with E-state index in [1.54, 1.807) is 6.07 Å². The van der Waals surface area contributed by atoms with E-state index in [9.17, 15) is 14.0 Å². The normalized spacial score (nSPS) is 13.5. The summed E-state index contributed by atoms with van der Waals surface area (Å²) < 4.78 is 13.1. The third kappa shape index (κ3) is 3.71. The fourth-order valence-corrected chi connectivity index (χ4v) is 2.15. The SMILES string of the molecule is Cc1cc(NC(=O)c2cccc(F)c2)ncc1NC(=O)C1CC1. The van der Waals surface area contributed by atoms with E-state index >= 15 is 0 Å². The van der Waals surface area contributed by atoms with Gasteiger partial charge in [0, 0.05) is 11.5 Å². The zero-order valence-corrected chi connectivity index (χ0v) is 12.6. The van der Waals surface area contributed by atoms with Crippen molar-refractivity contribution in [3.8, 4) is 0 Å². The van der Waals surface area contributed by atoms with Crippen molar-refractivity contribution < 1.29 is 14.0 Å². The third-order valence-corrected chi connectivity index (χ3v) is 3.65. The van der Waals surface area contributed by atoms with Crippen LogP contribution in [0, 0.1) is 18.7 Å². The van der Waals surface area contributed by atoms with Crippen molar-refractivity contribution in [2.45, 2.75) is 19.8 Å². The molecule has 1 aromatic heterocycles. The Kier molecular flexibility index (Phi) is 4.06. The van der Waals surface area contributed by atoms with E-state index in [0.29, 0.717) is 11.5 Å². The zero-order valence-electron chi connectivity index (χ0n) is 12.6. The highest BCUT2D eigenvalue weighted by Gasteiger charge is 2.29. The molecule has 6 heteroatoms. The van der Waals surface area contributed by atoms with Gasteiger partial charge in [0.1, 0.15) is 11.6 Å². The van der Waals surface area contributed by atoms with Crippen LogP contribution >= 0.6 is 0 Å². The summed E-state index contributed by atoms with van der Waals surface area (Å²) in [5.74, 6) is -0.444. The maximum absolute atomic E-state index is 13.1. The smallest absolute Gasteiger partial charge is 0.256 e. The largest absolute Gasteiger partial charge is 0.324 e. The second-order valence-corrected chi connectivity index (χ2v) is 5.61. The lowest BCUT2D eigenvalue weighted by molar-refractivity contribution is -0.117. The van der Waals surface area contributed by atoms with Gasteiger partial charge < -0.3 is 10.6 Å². The Hall–Kier alpha value is -2.76. The van der Waals surface area contributed by atoms with Crippen molar-refractivity contribution >= 4 is 23.3 Å². The Morgan fingerprint density at radius 1 is 1.22 bits per heavy atom. The molecule has 1 fully saturated rings. The van der Waals surface area contributed by atoms with Gasteiger partial charge in [0.25, 0.3) is 5.91 Å². The molecule has 2 N–H and O–H groups in total. The maximum atomic E-state index is 13.1. The molecule has 1 aromatic carbocycles. The summed E-state index contributed by atoms with van der Waals surface area (Å²) in [5, 5.41) is 5.44. The lowest BCUT2D eigenvalue weighted by atomic mass is 10.2. The molecule has 118 valence electrons. The number of halogens is 1. The molecule has 0 radical (unpaired) electrons. The van der Waals surface area contributed by atoms with E-state index in [-0.39, 0.29) is 17.4 Å². The van der Waals surface area contributed by atoms with Crippen molar-refractivity contribution in [1.29, 1.82) is 0 Å². The van der Waals surface area contributed by atoms with Crippen molar-refractivity contribution in [1.82, 2.24) is 4.98 Å². The number of amides is 2. The molecular weight excluding hydrogens is 297 g/mol. The van der Waals surface area contributed by atoms with E-state index < -0.39 is 11.7 Å². The standard InChI is InChI=1S/C17H16FN3O2/c1-10-7-15(19-9-14(10)20-16(22)11-5-6-11)21-17(23)12-3-2-4-13(18)8-12/h2-4,7-9,11H,5-6H2,1H3,(H,20,22)(H,19,21,23). The molecule has 2 aromatic rings. The first kappa shape index (κ1) is 15.1. The number of rotatable bonds is 4. The van der Waals surface area contributed by atoms with Crippen molar-refractivity contribution in [2.75, 3.05) is 10.6 Å². The Bertz CT molecular complexity index is 772. The number of aromatic nitrogens is 1. The van der Waals surface area contributed by atoms with E-state index in [1.807, 2.05) is 6.92 Å². The van der Waals surface area contributed by atoms with Gasteiger partial charge in [-0.05, 0) is 49.6 Å². The topological polar surface area (TPSA) is 71.1 Å². The van der Waals surface area contributed by atoms with Crippen LogP contribution < -0.4 is 10.6 Å². The summed E-state index contributed by atoms with van der Waals surface area (Å²) in [6, 6.07) is 7.09. The summed E-state index contributed by atoms with van der Waals surface area (Å²) in [6.07, 6.45) is 3.37. The minimum Gasteiger partial charge on any atom is -0.324 e. The molecule has 1 aliphatic carbocycles. The monoisotopic (exact) mass is 313 g/mol. The number of aryl methyl sites for hydroxylation is 1. The second kappa shape index (κ2) is 6.16. The van der Waals surface area contributed by atoms with Crippen LogP contribution in [-0.2, 0) is 4.79 Å². The first-order valence-electron chi connectivity index (χ1n) is 7.37. The minimum absolute atomic E-state index is 0.00597. The van der Waals surface area contributed by atoms with Crippen LogP contribution in [0.2, 0.25) is 0 Å². The Morgan fingerprint density at radius 2 is 2.00 bits per heavy atom. The average molecular weight is 313 g/mol. The number of carbonyl (C=O) groups excluding carboxylic acids is 2. The van der Waals surface area contributed by atoms with Gasteiger partial charge in [-0.3, -0.25) is 9.59 Å². The molecule has 3 rings (SSSR count). The van der Waals surface area contributed by atoms with Crippen LogP contribution in [0.15, 0.2) is 36.5 Å². The molecule has 0 unspecified atom stereocenters. The molecule has 1 aliphatic rings. The lowest BCUT2D eigenvalue weighted by Crippen LogP contribution is -2.16. The van der Waals surface area contributed by atoms with Gasteiger partial charge in [-0.25, -0.2) is 9.37 Å². The summed E-state index contributed by atoms with van der Waals surface area (Å²) >= 11 is 0. The molecule has 0 atom stereocenters. The van der Waals surface area contributed by atoms with Crippen molar-refractivity contribution in [3.63, 3.8) is 0 Å². The zero-order chi connectivity index (χ0) is 16.4. The first-order valence-corrected chi connectivity index (χ1v) is 7.37. The van der Waals surface area contributed by atoms with Gasteiger partial charge >= 0.3 is 0 Å². The highest BCUT2D eigenvalue weighted by molar-refractivity contribution is 6.04. The molecule has 2 amide bonds.